The number of benzene rings is 1. The number of amides is 1. The van der Waals surface area contributed by atoms with Crippen LogP contribution in [0.3, 0.4) is 0 Å². The van der Waals surface area contributed by atoms with Crippen LogP contribution in [0.2, 0.25) is 5.02 Å². The highest BCUT2D eigenvalue weighted by molar-refractivity contribution is 6.30. The van der Waals surface area contributed by atoms with Crippen LogP contribution >= 0.6 is 11.6 Å². The van der Waals surface area contributed by atoms with E-state index in [0.29, 0.717) is 10.8 Å². The van der Waals surface area contributed by atoms with E-state index in [1.54, 1.807) is 31.3 Å². The van der Waals surface area contributed by atoms with Crippen LogP contribution in [0, 0.1) is 0 Å². The van der Waals surface area contributed by atoms with Crippen molar-refractivity contribution in [2.45, 2.75) is 6.10 Å². The maximum atomic E-state index is 12.2. The largest absolute Gasteiger partial charge is 0.389 e. The van der Waals surface area contributed by atoms with Crippen molar-refractivity contribution in [1.82, 2.24) is 10.1 Å². The van der Waals surface area contributed by atoms with E-state index in [-0.39, 0.29) is 24.8 Å². The lowest BCUT2D eigenvalue weighted by atomic mass is 10.1. The molecule has 0 aliphatic carbocycles. The summed E-state index contributed by atoms with van der Waals surface area (Å²) in [6, 6.07) is 8.62. The zero-order valence-electron chi connectivity index (χ0n) is 12.3. The molecule has 22 heavy (non-hydrogen) atoms. The smallest absolute Gasteiger partial charge is 0.275 e. The Balaban J connectivity index is 2.09. The first-order chi connectivity index (χ1) is 10.5. The van der Waals surface area contributed by atoms with Crippen LogP contribution in [0.25, 0.3) is 11.3 Å². The quantitative estimate of drug-likeness (QED) is 0.880. The molecule has 1 aromatic carbocycles. The number of hydrogen-bond acceptors (Lipinski definition) is 5. The Kier molecular flexibility index (Phi) is 5.54. The zero-order chi connectivity index (χ0) is 16.1. The Labute approximate surface area is 133 Å². The summed E-state index contributed by atoms with van der Waals surface area (Å²) in [6.45, 7) is 0.302. The molecule has 118 valence electrons. The van der Waals surface area contributed by atoms with E-state index in [1.165, 1.54) is 12.0 Å². The van der Waals surface area contributed by atoms with Gasteiger partial charge < -0.3 is 19.3 Å². The average Bonchev–Trinajstić information content (AvgIpc) is 2.96. The van der Waals surface area contributed by atoms with Crippen molar-refractivity contribution < 1.29 is 19.2 Å². The number of carbonyl (C=O) groups excluding carboxylic acids is 1. The van der Waals surface area contributed by atoms with Gasteiger partial charge in [0.05, 0.1) is 12.7 Å². The number of nitrogens with zero attached hydrogens (tertiary/aromatic N) is 2. The van der Waals surface area contributed by atoms with E-state index < -0.39 is 6.10 Å². The number of aliphatic hydroxyl groups is 1. The summed E-state index contributed by atoms with van der Waals surface area (Å²) in [6.07, 6.45) is -0.752. The normalized spacial score (nSPS) is 12.2. The minimum Gasteiger partial charge on any atom is -0.389 e. The van der Waals surface area contributed by atoms with Crippen LogP contribution in [-0.2, 0) is 4.74 Å². The van der Waals surface area contributed by atoms with Crippen molar-refractivity contribution in [2.24, 2.45) is 0 Å². The van der Waals surface area contributed by atoms with Gasteiger partial charge in [-0.05, 0) is 12.1 Å². The summed E-state index contributed by atoms with van der Waals surface area (Å²) in [5, 5.41) is 14.0. The third-order valence-corrected chi connectivity index (χ3v) is 3.26. The summed E-state index contributed by atoms with van der Waals surface area (Å²) >= 11 is 5.92. The molecule has 2 aromatic rings. The van der Waals surface area contributed by atoms with E-state index in [2.05, 4.69) is 5.16 Å². The Morgan fingerprint density at radius 3 is 2.95 bits per heavy atom. The number of carbonyl (C=O) groups is 1. The number of aromatic nitrogens is 1. The second-order valence-electron chi connectivity index (χ2n) is 4.88. The van der Waals surface area contributed by atoms with Gasteiger partial charge in [0, 0.05) is 37.4 Å². The predicted molar refractivity (Wildman–Crippen MR) is 81.8 cm³/mol. The molecule has 1 heterocycles. The highest BCUT2D eigenvalue weighted by Crippen LogP contribution is 2.23. The van der Waals surface area contributed by atoms with E-state index in [0.717, 1.165) is 5.56 Å². The van der Waals surface area contributed by atoms with Gasteiger partial charge in [-0.25, -0.2) is 0 Å². The van der Waals surface area contributed by atoms with Gasteiger partial charge in [0.25, 0.3) is 5.91 Å². The van der Waals surface area contributed by atoms with Gasteiger partial charge in [-0.3, -0.25) is 4.79 Å². The molecule has 0 saturated carbocycles. The number of hydrogen-bond donors (Lipinski definition) is 1. The van der Waals surface area contributed by atoms with Gasteiger partial charge in [0.1, 0.15) is 0 Å². The zero-order valence-corrected chi connectivity index (χ0v) is 13.1. The van der Waals surface area contributed by atoms with Crippen molar-refractivity contribution in [3.8, 4) is 11.3 Å². The van der Waals surface area contributed by atoms with Gasteiger partial charge in [-0.1, -0.05) is 28.9 Å². The van der Waals surface area contributed by atoms with E-state index in [4.69, 9.17) is 20.9 Å². The van der Waals surface area contributed by atoms with Crippen LogP contribution < -0.4 is 0 Å². The minimum atomic E-state index is -0.752. The van der Waals surface area contributed by atoms with Crippen molar-refractivity contribution in [1.29, 1.82) is 0 Å². The Hall–Kier alpha value is -1.89. The number of methoxy groups -OCH3 is 1. The van der Waals surface area contributed by atoms with Gasteiger partial charge in [0.2, 0.25) is 0 Å². The Bertz CT molecular complexity index is 644. The first-order valence-corrected chi connectivity index (χ1v) is 7.04. The van der Waals surface area contributed by atoms with Crippen molar-refractivity contribution in [3.05, 3.63) is 41.0 Å². The fourth-order valence-corrected chi connectivity index (χ4v) is 2.18. The monoisotopic (exact) mass is 324 g/mol. The summed E-state index contributed by atoms with van der Waals surface area (Å²) in [5.41, 5.74) is 0.906. The van der Waals surface area contributed by atoms with Gasteiger partial charge in [-0.15, -0.1) is 0 Å². The molecule has 1 unspecified atom stereocenters. The molecule has 1 aromatic heterocycles. The van der Waals surface area contributed by atoms with Crippen LogP contribution in [0.5, 0.6) is 0 Å². The van der Waals surface area contributed by atoms with Gasteiger partial charge >= 0.3 is 0 Å². The number of halogens is 1. The first-order valence-electron chi connectivity index (χ1n) is 6.66. The third kappa shape index (κ3) is 4.07. The lowest BCUT2D eigenvalue weighted by molar-refractivity contribution is 0.0376. The maximum Gasteiger partial charge on any atom is 0.275 e. The Morgan fingerprint density at radius 2 is 2.27 bits per heavy atom. The molecule has 7 heteroatoms. The summed E-state index contributed by atoms with van der Waals surface area (Å²) in [7, 11) is 3.06. The SMILES string of the molecule is COCC(O)CN(C)C(=O)c1cc(-c2cccc(Cl)c2)on1. The first kappa shape index (κ1) is 16.5. The minimum absolute atomic E-state index is 0.145. The fourth-order valence-electron chi connectivity index (χ4n) is 1.99. The van der Waals surface area contributed by atoms with Crippen LogP contribution in [0.4, 0.5) is 0 Å². The molecule has 0 aliphatic heterocycles. The van der Waals surface area contributed by atoms with Crippen LogP contribution in [0.1, 0.15) is 10.5 Å². The van der Waals surface area contributed by atoms with E-state index in [9.17, 15) is 9.90 Å². The third-order valence-electron chi connectivity index (χ3n) is 3.03. The van der Waals surface area contributed by atoms with Crippen molar-refractivity contribution in [3.63, 3.8) is 0 Å². The molecular formula is C15H17ClN2O4. The molecule has 2 rings (SSSR count). The second-order valence-corrected chi connectivity index (χ2v) is 5.32. The lowest BCUT2D eigenvalue weighted by Gasteiger charge is -2.19. The second kappa shape index (κ2) is 7.40. The molecule has 1 atom stereocenters. The average molecular weight is 325 g/mol. The van der Waals surface area contributed by atoms with Gasteiger partial charge in [0.15, 0.2) is 11.5 Å². The number of likely N-dealkylation sites (N-methyl/N-ethyl adjacent to an activating group) is 1. The predicted octanol–water partition coefficient (Wildman–Crippen LogP) is 2.07. The highest BCUT2D eigenvalue weighted by Gasteiger charge is 2.19. The molecule has 6 nitrogen and oxygen atoms in total. The molecule has 0 spiro atoms. The Morgan fingerprint density at radius 1 is 1.50 bits per heavy atom. The fraction of sp³-hybridized carbons (Fsp3) is 0.333. The lowest BCUT2D eigenvalue weighted by Crippen LogP contribution is -2.36. The van der Waals surface area contributed by atoms with Gasteiger partial charge in [-0.2, -0.15) is 0 Å². The van der Waals surface area contributed by atoms with E-state index >= 15 is 0 Å². The van der Waals surface area contributed by atoms with Crippen LogP contribution in [-0.4, -0.2) is 54.5 Å². The molecule has 1 amide bonds. The molecule has 0 fully saturated rings. The number of aliphatic hydroxyl groups excluding tert-OH is 1. The van der Waals surface area contributed by atoms with Crippen molar-refractivity contribution >= 4 is 17.5 Å². The summed E-state index contributed by atoms with van der Waals surface area (Å²) in [5.74, 6) is 0.115. The molecule has 0 radical (unpaired) electrons. The molecule has 1 N–H and O–H groups in total. The van der Waals surface area contributed by atoms with E-state index in [1.807, 2.05) is 6.07 Å². The number of rotatable bonds is 6. The standard InChI is InChI=1S/C15H17ClN2O4/c1-18(8-12(19)9-21-2)15(20)13-7-14(22-17-13)10-4-3-5-11(16)6-10/h3-7,12,19H,8-9H2,1-2H3. The summed E-state index contributed by atoms with van der Waals surface area (Å²) in [4.78, 5) is 13.6. The summed E-state index contributed by atoms with van der Waals surface area (Å²) < 4.78 is 10.0. The van der Waals surface area contributed by atoms with Crippen molar-refractivity contribution in [2.75, 3.05) is 27.3 Å². The highest BCUT2D eigenvalue weighted by atomic mass is 35.5. The van der Waals surface area contributed by atoms with Crippen LogP contribution in [0.15, 0.2) is 34.9 Å². The molecular weight excluding hydrogens is 308 g/mol. The molecule has 0 saturated heterocycles. The molecule has 0 bridgehead atoms. The maximum absolute atomic E-state index is 12.2. The number of ether oxygens (including phenoxy) is 1. The topological polar surface area (TPSA) is 75.8 Å². The molecule has 0 aliphatic rings.